The Bertz CT molecular complexity index is 3430. The largest absolute Gasteiger partial charge is 0.455 e. The van der Waals surface area contributed by atoms with Crippen molar-refractivity contribution in [1.29, 1.82) is 0 Å². The summed E-state index contributed by atoms with van der Waals surface area (Å²) < 4.78 is 9.41. The SMILES string of the molecule is c1ccc(-c2cccc(-c3nc(-c4ccccc4)nc(-c4cccc5c4Oc4ccc(-n6c7ccccc7c7cc8ccccc8cc76)c6cccc-5c46)n3)c2)cc1. The van der Waals surface area contributed by atoms with Crippen molar-refractivity contribution in [2.75, 3.05) is 0 Å². The molecule has 0 saturated carbocycles. The lowest BCUT2D eigenvalue weighted by atomic mass is 9.92. The van der Waals surface area contributed by atoms with Gasteiger partial charge in [-0.3, -0.25) is 0 Å². The first-order chi connectivity index (χ1) is 28.7. The topological polar surface area (TPSA) is 52.8 Å². The number of para-hydroxylation sites is 2. The number of nitrogens with zero attached hydrogens (tertiary/aromatic N) is 4. The molecule has 0 unspecified atom stereocenters. The summed E-state index contributed by atoms with van der Waals surface area (Å²) in [6, 6.07) is 68.0. The number of rotatable bonds is 5. The van der Waals surface area contributed by atoms with Crippen LogP contribution >= 0.6 is 0 Å². The van der Waals surface area contributed by atoms with Crippen molar-refractivity contribution in [2.45, 2.75) is 0 Å². The van der Waals surface area contributed by atoms with Crippen LogP contribution in [0.5, 0.6) is 11.5 Å². The summed E-state index contributed by atoms with van der Waals surface area (Å²) in [5.41, 5.74) is 10.4. The van der Waals surface area contributed by atoms with E-state index in [0.29, 0.717) is 17.5 Å². The monoisotopic (exact) mass is 740 g/mol. The molecule has 3 heterocycles. The normalized spacial score (nSPS) is 11.9. The maximum atomic E-state index is 7.00. The van der Waals surface area contributed by atoms with Crippen LogP contribution in [0.1, 0.15) is 0 Å². The molecule has 0 radical (unpaired) electrons. The Balaban J connectivity index is 1.04. The summed E-state index contributed by atoms with van der Waals surface area (Å²) in [7, 11) is 0. The highest BCUT2D eigenvalue weighted by molar-refractivity contribution is 6.16. The van der Waals surface area contributed by atoms with Crippen molar-refractivity contribution in [1.82, 2.24) is 19.5 Å². The van der Waals surface area contributed by atoms with Crippen LogP contribution in [0, 0.1) is 0 Å². The average Bonchev–Trinajstić information content (AvgIpc) is 3.61. The third-order valence-corrected chi connectivity index (χ3v) is 11.4. The molecule has 2 aromatic heterocycles. The molecule has 5 heteroatoms. The number of hydrogen-bond acceptors (Lipinski definition) is 4. The highest BCUT2D eigenvalue weighted by Crippen LogP contribution is 2.51. The van der Waals surface area contributed by atoms with E-state index in [4.69, 9.17) is 19.7 Å². The van der Waals surface area contributed by atoms with E-state index in [0.717, 1.165) is 66.9 Å². The summed E-state index contributed by atoms with van der Waals surface area (Å²) >= 11 is 0. The second-order valence-electron chi connectivity index (χ2n) is 14.8. The Kier molecular flexibility index (Phi) is 7.16. The van der Waals surface area contributed by atoms with Gasteiger partial charge in [0.1, 0.15) is 11.5 Å². The van der Waals surface area contributed by atoms with Crippen molar-refractivity contribution in [3.63, 3.8) is 0 Å². The molecule has 0 N–H and O–H groups in total. The predicted molar refractivity (Wildman–Crippen MR) is 236 cm³/mol. The molecule has 1 aliphatic rings. The quantitative estimate of drug-likeness (QED) is 0.176. The van der Waals surface area contributed by atoms with E-state index in [-0.39, 0.29) is 0 Å². The highest BCUT2D eigenvalue weighted by Gasteiger charge is 2.27. The van der Waals surface area contributed by atoms with Crippen LogP contribution in [0.2, 0.25) is 0 Å². The van der Waals surface area contributed by atoms with E-state index >= 15 is 0 Å². The van der Waals surface area contributed by atoms with Gasteiger partial charge in [-0.25, -0.2) is 15.0 Å². The fraction of sp³-hybridized carbons (Fsp3) is 0. The minimum Gasteiger partial charge on any atom is -0.455 e. The van der Waals surface area contributed by atoms with Gasteiger partial charge in [-0.05, 0) is 69.9 Å². The van der Waals surface area contributed by atoms with Crippen LogP contribution in [0.25, 0.3) is 105 Å². The molecule has 0 saturated heterocycles. The maximum Gasteiger partial charge on any atom is 0.167 e. The summed E-state index contributed by atoms with van der Waals surface area (Å²) in [5.74, 6) is 3.28. The van der Waals surface area contributed by atoms with Gasteiger partial charge in [0.25, 0.3) is 0 Å². The Hall–Kier alpha value is -7.89. The number of hydrogen-bond donors (Lipinski definition) is 0. The first-order valence-corrected chi connectivity index (χ1v) is 19.5. The second kappa shape index (κ2) is 12.8. The van der Waals surface area contributed by atoms with Gasteiger partial charge in [-0.2, -0.15) is 0 Å². The van der Waals surface area contributed by atoms with Crippen LogP contribution in [-0.4, -0.2) is 19.5 Å². The van der Waals surface area contributed by atoms with Gasteiger partial charge in [0, 0.05) is 38.2 Å². The molecule has 5 nitrogen and oxygen atoms in total. The minimum atomic E-state index is 0.551. The van der Waals surface area contributed by atoms with Crippen LogP contribution < -0.4 is 4.74 Å². The standard InChI is InChI=1S/C53H32N4O/c1-3-14-33(15-4-1)35-20-11-21-38(30-35)52-54-51(34-16-5-2-6-17-34)55-53(56-52)43-26-13-24-41-40-23-12-25-42-46(28-29-48(49(40)42)58-50(41)43)57-45-27-10-9-22-39(45)44-31-36-18-7-8-19-37(36)32-47(44)57/h1-32H. The Morgan fingerprint density at radius 2 is 0.966 bits per heavy atom. The number of fused-ring (bicyclic) bond motifs is 6. The molecule has 0 amide bonds. The minimum absolute atomic E-state index is 0.551. The molecule has 12 rings (SSSR count). The second-order valence-corrected chi connectivity index (χ2v) is 14.8. The molecule has 0 bridgehead atoms. The molecular weight excluding hydrogens is 709 g/mol. The number of ether oxygens (including phenoxy) is 1. The first kappa shape index (κ1) is 32.4. The van der Waals surface area contributed by atoms with E-state index < -0.39 is 0 Å². The number of benzene rings is 9. The Morgan fingerprint density at radius 1 is 0.362 bits per heavy atom. The van der Waals surface area contributed by atoms with Crippen molar-refractivity contribution < 1.29 is 4.74 Å². The van der Waals surface area contributed by atoms with Gasteiger partial charge in [-0.15, -0.1) is 0 Å². The summed E-state index contributed by atoms with van der Waals surface area (Å²) in [5, 5.41) is 7.11. The smallest absolute Gasteiger partial charge is 0.167 e. The molecule has 11 aromatic rings. The van der Waals surface area contributed by atoms with Gasteiger partial charge in [0.05, 0.1) is 22.3 Å². The third-order valence-electron chi connectivity index (χ3n) is 11.4. The van der Waals surface area contributed by atoms with Crippen LogP contribution in [0.4, 0.5) is 0 Å². The fourth-order valence-electron chi connectivity index (χ4n) is 8.73. The summed E-state index contributed by atoms with van der Waals surface area (Å²) in [6.07, 6.45) is 0. The van der Waals surface area contributed by atoms with Crippen LogP contribution in [0.15, 0.2) is 194 Å². The lowest BCUT2D eigenvalue weighted by Gasteiger charge is -2.25. The lowest BCUT2D eigenvalue weighted by Crippen LogP contribution is -2.04. The summed E-state index contributed by atoms with van der Waals surface area (Å²) in [6.45, 7) is 0. The van der Waals surface area contributed by atoms with Gasteiger partial charge >= 0.3 is 0 Å². The zero-order valence-corrected chi connectivity index (χ0v) is 31.2. The highest BCUT2D eigenvalue weighted by atomic mass is 16.5. The third kappa shape index (κ3) is 5.07. The maximum absolute atomic E-state index is 7.00. The molecular formula is C53H32N4O. The van der Waals surface area contributed by atoms with Crippen LogP contribution in [0.3, 0.4) is 0 Å². The van der Waals surface area contributed by atoms with Crippen molar-refractivity contribution in [2.24, 2.45) is 0 Å². The van der Waals surface area contributed by atoms with E-state index in [9.17, 15) is 0 Å². The van der Waals surface area contributed by atoms with Gasteiger partial charge < -0.3 is 9.30 Å². The van der Waals surface area contributed by atoms with E-state index in [1.54, 1.807) is 0 Å². The molecule has 1 aliphatic heterocycles. The molecule has 0 atom stereocenters. The number of aromatic nitrogens is 4. The van der Waals surface area contributed by atoms with Gasteiger partial charge in [0.2, 0.25) is 0 Å². The summed E-state index contributed by atoms with van der Waals surface area (Å²) in [4.78, 5) is 15.3. The predicted octanol–water partition coefficient (Wildman–Crippen LogP) is 13.7. The van der Waals surface area contributed by atoms with Crippen molar-refractivity contribution in [3.8, 4) is 73.6 Å². The van der Waals surface area contributed by atoms with Crippen molar-refractivity contribution >= 4 is 43.4 Å². The fourth-order valence-corrected chi connectivity index (χ4v) is 8.73. The molecule has 9 aromatic carbocycles. The molecule has 0 fully saturated rings. The zero-order chi connectivity index (χ0) is 38.2. The average molecular weight is 741 g/mol. The van der Waals surface area contributed by atoms with Crippen molar-refractivity contribution in [3.05, 3.63) is 194 Å². The molecule has 0 spiro atoms. The molecule has 58 heavy (non-hydrogen) atoms. The zero-order valence-electron chi connectivity index (χ0n) is 31.2. The first-order valence-electron chi connectivity index (χ1n) is 19.5. The Labute approximate surface area is 334 Å². The van der Waals surface area contributed by atoms with Crippen LogP contribution in [-0.2, 0) is 0 Å². The molecule has 0 aliphatic carbocycles. The van der Waals surface area contributed by atoms with Gasteiger partial charge in [-0.1, -0.05) is 152 Å². The molecule has 270 valence electrons. The van der Waals surface area contributed by atoms with Gasteiger partial charge in [0.15, 0.2) is 17.5 Å². The van der Waals surface area contributed by atoms with E-state index in [1.165, 1.54) is 32.6 Å². The lowest BCUT2D eigenvalue weighted by molar-refractivity contribution is 0.488. The van der Waals surface area contributed by atoms with E-state index in [1.807, 2.05) is 36.4 Å². The van der Waals surface area contributed by atoms with E-state index in [2.05, 4.69) is 162 Å². The Morgan fingerprint density at radius 3 is 1.81 bits per heavy atom.